The number of benzene rings is 2. The van der Waals surface area contributed by atoms with Gasteiger partial charge in [0.15, 0.2) is 0 Å². The molecule has 4 rings (SSSR count). The van der Waals surface area contributed by atoms with Gasteiger partial charge in [0.05, 0.1) is 12.5 Å². The molecule has 1 aliphatic rings. The first-order chi connectivity index (χ1) is 13.0. The highest BCUT2D eigenvalue weighted by Gasteiger charge is 2.30. The minimum absolute atomic E-state index is 0.124. The van der Waals surface area contributed by atoms with Crippen LogP contribution in [0.3, 0.4) is 0 Å². The van der Waals surface area contributed by atoms with E-state index in [0.29, 0.717) is 27.3 Å². The Balaban J connectivity index is 1.69. The number of aromatic nitrogens is 3. The molecule has 0 saturated carbocycles. The summed E-state index contributed by atoms with van der Waals surface area (Å²) in [4.78, 5) is 16.2. The lowest BCUT2D eigenvalue weighted by Crippen LogP contribution is -2.29. The van der Waals surface area contributed by atoms with Crippen LogP contribution in [0.5, 0.6) is 5.75 Å². The number of amides is 1. The van der Waals surface area contributed by atoms with Gasteiger partial charge in [-0.2, -0.15) is 10.1 Å². The van der Waals surface area contributed by atoms with Crippen LogP contribution in [0, 0.1) is 0 Å². The average Bonchev–Trinajstić information content (AvgIpc) is 3.10. The largest absolute Gasteiger partial charge is 0.488 e. The van der Waals surface area contributed by atoms with Crippen molar-refractivity contribution in [2.45, 2.75) is 19.1 Å². The number of carbonyl (C=O) groups is 1. The number of ether oxygens (including phenoxy) is 1. The number of hydrogen-bond donors (Lipinski definition) is 1. The molecule has 0 spiro atoms. The van der Waals surface area contributed by atoms with E-state index in [-0.39, 0.29) is 25.0 Å². The highest BCUT2D eigenvalue weighted by atomic mass is 79.9. The second-order valence-corrected chi connectivity index (χ2v) is 7.70. The van der Waals surface area contributed by atoms with Crippen LogP contribution in [-0.2, 0) is 11.4 Å². The Morgan fingerprint density at radius 3 is 2.81 bits per heavy atom. The number of hydrogen-bond acceptors (Lipinski definition) is 4. The summed E-state index contributed by atoms with van der Waals surface area (Å²) in [6.07, 6.45) is 1.64. The fourth-order valence-corrected chi connectivity index (χ4v) is 3.86. The van der Waals surface area contributed by atoms with Gasteiger partial charge in [-0.05, 0) is 30.3 Å². The molecular weight excluding hydrogens is 455 g/mol. The highest BCUT2D eigenvalue weighted by Crippen LogP contribution is 2.37. The van der Waals surface area contributed by atoms with Gasteiger partial charge in [0, 0.05) is 25.6 Å². The number of nitrogens with zero attached hydrogens (tertiary/aromatic N) is 3. The summed E-state index contributed by atoms with van der Waals surface area (Å²) in [7, 11) is 0. The van der Waals surface area contributed by atoms with Crippen LogP contribution in [0.15, 0.2) is 47.2 Å². The van der Waals surface area contributed by atoms with Crippen molar-refractivity contribution >= 4 is 51.0 Å². The van der Waals surface area contributed by atoms with Gasteiger partial charge < -0.3 is 4.74 Å². The molecule has 1 aliphatic heterocycles. The molecule has 1 amide bonds. The van der Waals surface area contributed by atoms with E-state index in [4.69, 9.17) is 27.9 Å². The van der Waals surface area contributed by atoms with Crippen molar-refractivity contribution in [3.8, 4) is 5.75 Å². The van der Waals surface area contributed by atoms with E-state index < -0.39 is 0 Å². The number of nitrogens with one attached hydrogen (secondary N) is 1. The quantitative estimate of drug-likeness (QED) is 0.594. The zero-order chi connectivity index (χ0) is 19.0. The normalized spacial score (nSPS) is 16.0. The lowest BCUT2D eigenvalue weighted by molar-refractivity contribution is -0.117. The fraction of sp³-hybridized carbons (Fsp3) is 0.167. The second-order valence-electron chi connectivity index (χ2n) is 5.97. The SMILES string of the molecule is O=C1C[C@@H](c2cc(Br)ccc2OCc2c(Cl)cccc2Cl)n2ncnc2N1. The van der Waals surface area contributed by atoms with Crippen LogP contribution in [0.2, 0.25) is 10.0 Å². The molecule has 0 saturated heterocycles. The van der Waals surface area contributed by atoms with Crippen molar-refractivity contribution in [1.82, 2.24) is 14.8 Å². The van der Waals surface area contributed by atoms with Crippen LogP contribution >= 0.6 is 39.1 Å². The minimum atomic E-state index is -0.328. The van der Waals surface area contributed by atoms with Crippen LogP contribution in [0.4, 0.5) is 5.95 Å². The van der Waals surface area contributed by atoms with E-state index in [1.54, 1.807) is 22.9 Å². The smallest absolute Gasteiger partial charge is 0.229 e. The molecule has 0 fully saturated rings. The molecule has 138 valence electrons. The number of carbonyl (C=O) groups excluding carboxylic acids is 1. The summed E-state index contributed by atoms with van der Waals surface area (Å²) < 4.78 is 8.58. The van der Waals surface area contributed by atoms with Crippen molar-refractivity contribution in [1.29, 1.82) is 0 Å². The summed E-state index contributed by atoms with van der Waals surface area (Å²) in [5.74, 6) is 0.909. The fourth-order valence-electron chi connectivity index (χ4n) is 2.98. The molecule has 2 heterocycles. The predicted molar refractivity (Wildman–Crippen MR) is 106 cm³/mol. The Hall–Kier alpha value is -2.09. The molecule has 3 aromatic rings. The molecule has 1 atom stereocenters. The van der Waals surface area contributed by atoms with E-state index in [1.165, 1.54) is 6.33 Å². The minimum Gasteiger partial charge on any atom is -0.488 e. The summed E-state index contributed by atoms with van der Waals surface area (Å²) >= 11 is 16.0. The van der Waals surface area contributed by atoms with Crippen molar-refractivity contribution < 1.29 is 9.53 Å². The number of fused-ring (bicyclic) bond motifs is 1. The van der Waals surface area contributed by atoms with E-state index in [2.05, 4.69) is 31.3 Å². The molecule has 2 aromatic carbocycles. The maximum Gasteiger partial charge on any atom is 0.229 e. The Morgan fingerprint density at radius 2 is 2.04 bits per heavy atom. The molecule has 0 aliphatic carbocycles. The number of halogens is 3. The molecule has 6 nitrogen and oxygen atoms in total. The molecule has 9 heteroatoms. The zero-order valence-corrected chi connectivity index (χ0v) is 16.9. The molecule has 1 N–H and O–H groups in total. The molecular formula is C18H13BrCl2N4O2. The van der Waals surface area contributed by atoms with Gasteiger partial charge in [-0.3, -0.25) is 10.1 Å². The first-order valence-electron chi connectivity index (χ1n) is 8.07. The number of anilines is 1. The average molecular weight is 468 g/mol. The Morgan fingerprint density at radius 1 is 1.26 bits per heavy atom. The van der Waals surface area contributed by atoms with Gasteiger partial charge in [0.2, 0.25) is 11.9 Å². The van der Waals surface area contributed by atoms with Crippen molar-refractivity contribution in [2.24, 2.45) is 0 Å². The first kappa shape index (κ1) is 18.3. The predicted octanol–water partition coefficient (Wildman–Crippen LogP) is 4.86. The third-order valence-corrected chi connectivity index (χ3v) is 5.46. The maximum absolute atomic E-state index is 12.1. The topological polar surface area (TPSA) is 69.0 Å². The molecule has 0 unspecified atom stereocenters. The first-order valence-corrected chi connectivity index (χ1v) is 9.62. The lowest BCUT2D eigenvalue weighted by atomic mass is 10.0. The van der Waals surface area contributed by atoms with Gasteiger partial charge in [0.25, 0.3) is 0 Å². The zero-order valence-electron chi connectivity index (χ0n) is 13.8. The van der Waals surface area contributed by atoms with Gasteiger partial charge in [-0.15, -0.1) is 0 Å². The molecule has 1 aromatic heterocycles. The van der Waals surface area contributed by atoms with Crippen LogP contribution in [0.1, 0.15) is 23.6 Å². The van der Waals surface area contributed by atoms with Crippen molar-refractivity contribution in [3.63, 3.8) is 0 Å². The third kappa shape index (κ3) is 3.67. The monoisotopic (exact) mass is 466 g/mol. The second kappa shape index (κ2) is 7.50. The van der Waals surface area contributed by atoms with Gasteiger partial charge in [-0.1, -0.05) is 45.2 Å². The van der Waals surface area contributed by atoms with Crippen molar-refractivity contribution in [3.05, 3.63) is 68.4 Å². The third-order valence-electron chi connectivity index (χ3n) is 4.26. The van der Waals surface area contributed by atoms with Gasteiger partial charge >= 0.3 is 0 Å². The van der Waals surface area contributed by atoms with E-state index in [9.17, 15) is 4.79 Å². The van der Waals surface area contributed by atoms with E-state index in [1.807, 2.05) is 18.2 Å². The molecule has 27 heavy (non-hydrogen) atoms. The Bertz CT molecular complexity index is 1000. The van der Waals surface area contributed by atoms with Crippen LogP contribution in [-0.4, -0.2) is 20.7 Å². The lowest BCUT2D eigenvalue weighted by Gasteiger charge is -2.25. The van der Waals surface area contributed by atoms with Gasteiger partial charge in [-0.25, -0.2) is 4.68 Å². The number of rotatable bonds is 4. The van der Waals surface area contributed by atoms with Crippen LogP contribution in [0.25, 0.3) is 0 Å². The summed E-state index contributed by atoms with van der Waals surface area (Å²) in [5.41, 5.74) is 1.52. The Labute approximate surface area is 173 Å². The van der Waals surface area contributed by atoms with Crippen molar-refractivity contribution in [2.75, 3.05) is 5.32 Å². The van der Waals surface area contributed by atoms with Gasteiger partial charge in [0.1, 0.15) is 18.7 Å². The van der Waals surface area contributed by atoms with Crippen LogP contribution < -0.4 is 10.1 Å². The van der Waals surface area contributed by atoms with E-state index in [0.717, 1.165) is 10.0 Å². The summed E-state index contributed by atoms with van der Waals surface area (Å²) in [5, 5.41) is 8.03. The summed E-state index contributed by atoms with van der Waals surface area (Å²) in [6.45, 7) is 0.205. The summed E-state index contributed by atoms with van der Waals surface area (Å²) in [6, 6.07) is 10.6. The standard InChI is InChI=1S/C18H13BrCl2N4O2/c19-10-4-5-16(27-8-12-13(20)2-1-3-14(12)21)11(6-10)15-7-17(26)24-18-22-9-23-25(15)18/h1-6,9,15H,7-8H2,(H,22,23,24,26)/t15-/m0/s1. The highest BCUT2D eigenvalue weighted by molar-refractivity contribution is 9.10. The molecule has 0 bridgehead atoms. The van der Waals surface area contributed by atoms with E-state index >= 15 is 0 Å². The Kier molecular flexibility index (Phi) is 5.08. The maximum atomic E-state index is 12.1. The molecule has 0 radical (unpaired) electrons.